The molecule has 28 heavy (non-hydrogen) atoms. The Balaban J connectivity index is 1.46. The molecule has 1 saturated heterocycles. The Morgan fingerprint density at radius 2 is 2.25 bits per heavy atom. The molecule has 144 valence electrons. The van der Waals surface area contributed by atoms with Crippen LogP contribution in [-0.2, 0) is 11.8 Å². The largest absolute Gasteiger partial charge is 0.447 e. The number of rotatable bonds is 5. The fraction of sp³-hybridized carbons (Fsp3) is 0.263. The number of nitrogens with one attached hydrogen (secondary N) is 1. The lowest BCUT2D eigenvalue weighted by molar-refractivity contribution is 0.0935. The maximum absolute atomic E-state index is 12.6. The molecule has 9 heteroatoms. The Bertz CT molecular complexity index is 1030. The van der Waals surface area contributed by atoms with Crippen LogP contribution in [0.5, 0.6) is 0 Å². The predicted molar refractivity (Wildman–Crippen MR) is 105 cm³/mol. The number of cyclic esters (lactones) is 1. The lowest BCUT2D eigenvalue weighted by atomic mass is 10.1. The molecule has 8 nitrogen and oxygen atoms in total. The number of aryl methyl sites for hydroxylation is 1. The van der Waals surface area contributed by atoms with Crippen LogP contribution in [0.2, 0.25) is 0 Å². The van der Waals surface area contributed by atoms with Gasteiger partial charge in [0.2, 0.25) is 0 Å². The molecule has 2 aromatic heterocycles. The number of nitrogens with zero attached hydrogens (tertiary/aromatic N) is 4. The third-order valence-electron chi connectivity index (χ3n) is 4.48. The molecule has 0 saturated carbocycles. The second-order valence-electron chi connectivity index (χ2n) is 6.50. The van der Waals surface area contributed by atoms with Crippen LogP contribution in [-0.4, -0.2) is 39.9 Å². The molecule has 1 fully saturated rings. The van der Waals surface area contributed by atoms with Gasteiger partial charge in [0.25, 0.3) is 5.91 Å². The van der Waals surface area contributed by atoms with Gasteiger partial charge in [-0.2, -0.15) is 5.10 Å². The van der Waals surface area contributed by atoms with E-state index in [0.29, 0.717) is 18.8 Å². The highest BCUT2D eigenvalue weighted by Crippen LogP contribution is 2.25. The highest BCUT2D eigenvalue weighted by molar-refractivity contribution is 7.13. The Kier molecular flexibility index (Phi) is 4.82. The van der Waals surface area contributed by atoms with Crippen molar-refractivity contribution < 1.29 is 14.3 Å². The second kappa shape index (κ2) is 7.43. The first-order chi connectivity index (χ1) is 13.5. The van der Waals surface area contributed by atoms with Crippen LogP contribution in [0.3, 0.4) is 0 Å². The van der Waals surface area contributed by atoms with E-state index in [1.165, 1.54) is 11.3 Å². The van der Waals surface area contributed by atoms with Crippen LogP contribution >= 0.6 is 11.3 Å². The van der Waals surface area contributed by atoms with Crippen LogP contribution in [0.15, 0.2) is 42.0 Å². The molecule has 4 rings (SSSR count). The first-order valence-electron chi connectivity index (χ1n) is 8.81. The minimum atomic E-state index is -0.348. The molecule has 1 unspecified atom stereocenters. The lowest BCUT2D eigenvalue weighted by Gasteiger charge is -2.17. The monoisotopic (exact) mass is 397 g/mol. The zero-order valence-corrected chi connectivity index (χ0v) is 16.3. The van der Waals surface area contributed by atoms with E-state index in [4.69, 9.17) is 4.74 Å². The van der Waals surface area contributed by atoms with Crippen molar-refractivity contribution in [2.45, 2.75) is 13.0 Å². The molecule has 3 aromatic rings. The van der Waals surface area contributed by atoms with Gasteiger partial charge in [0.1, 0.15) is 17.3 Å². The van der Waals surface area contributed by atoms with Gasteiger partial charge in [0.05, 0.1) is 18.8 Å². The Labute approximate surface area is 165 Å². The van der Waals surface area contributed by atoms with Gasteiger partial charge >= 0.3 is 6.09 Å². The van der Waals surface area contributed by atoms with Crippen LogP contribution in [0.1, 0.15) is 29.0 Å². The minimum absolute atomic E-state index is 0.241. The molecule has 1 aromatic carbocycles. The van der Waals surface area contributed by atoms with E-state index < -0.39 is 0 Å². The van der Waals surface area contributed by atoms with Crippen LogP contribution in [0, 0.1) is 0 Å². The van der Waals surface area contributed by atoms with Gasteiger partial charge in [0, 0.05) is 29.9 Å². The van der Waals surface area contributed by atoms with Crippen molar-refractivity contribution in [1.29, 1.82) is 0 Å². The van der Waals surface area contributed by atoms with E-state index in [-0.39, 0.29) is 18.0 Å². The van der Waals surface area contributed by atoms with Crippen molar-refractivity contribution in [3.05, 3.63) is 53.3 Å². The first-order valence-corrected chi connectivity index (χ1v) is 9.69. The third kappa shape index (κ3) is 3.61. The highest BCUT2D eigenvalue weighted by atomic mass is 32.1. The number of thiazole rings is 1. The van der Waals surface area contributed by atoms with Gasteiger partial charge in [-0.05, 0) is 24.6 Å². The van der Waals surface area contributed by atoms with E-state index in [1.807, 2.05) is 44.4 Å². The summed E-state index contributed by atoms with van der Waals surface area (Å²) in [7, 11) is 1.84. The Morgan fingerprint density at radius 1 is 1.39 bits per heavy atom. The zero-order chi connectivity index (χ0) is 19.7. The summed E-state index contributed by atoms with van der Waals surface area (Å²) >= 11 is 1.40. The molecule has 1 atom stereocenters. The van der Waals surface area contributed by atoms with Crippen LogP contribution in [0.25, 0.3) is 10.6 Å². The summed E-state index contributed by atoms with van der Waals surface area (Å²) in [5.74, 6) is -0.245. The molecular formula is C19H19N5O3S. The number of hydrogen-bond donors (Lipinski definition) is 1. The van der Waals surface area contributed by atoms with Crippen molar-refractivity contribution in [2.24, 2.45) is 7.05 Å². The zero-order valence-electron chi connectivity index (χ0n) is 15.5. The maximum atomic E-state index is 12.6. The van der Waals surface area contributed by atoms with Gasteiger partial charge in [0.15, 0.2) is 0 Å². The summed E-state index contributed by atoms with van der Waals surface area (Å²) in [6.45, 7) is 2.81. The Morgan fingerprint density at radius 3 is 2.96 bits per heavy atom. The summed E-state index contributed by atoms with van der Waals surface area (Å²) < 4.78 is 6.68. The third-order valence-corrected chi connectivity index (χ3v) is 5.37. The lowest BCUT2D eigenvalue weighted by Crippen LogP contribution is -2.27. The van der Waals surface area contributed by atoms with Crippen molar-refractivity contribution >= 4 is 29.0 Å². The SMILES string of the molecule is CC(NC(=O)c1csc(-c2cnn(C)c2)n1)c1cccc(N2CCOC2=O)c1. The van der Waals surface area contributed by atoms with Crippen molar-refractivity contribution in [3.63, 3.8) is 0 Å². The smallest absolute Gasteiger partial charge is 0.414 e. The number of ether oxygens (including phenoxy) is 1. The number of amides is 2. The van der Waals surface area contributed by atoms with E-state index in [1.54, 1.807) is 21.2 Å². The van der Waals surface area contributed by atoms with E-state index >= 15 is 0 Å². The molecule has 1 N–H and O–H groups in total. The maximum Gasteiger partial charge on any atom is 0.414 e. The molecule has 1 aliphatic rings. The number of anilines is 1. The Hall–Kier alpha value is -3.20. The number of carbonyl (C=O) groups is 2. The summed E-state index contributed by atoms with van der Waals surface area (Å²) in [6, 6.07) is 7.28. The molecule has 0 radical (unpaired) electrons. The molecular weight excluding hydrogens is 378 g/mol. The fourth-order valence-corrected chi connectivity index (χ4v) is 3.76. The summed E-state index contributed by atoms with van der Waals surface area (Å²) in [6.07, 6.45) is 3.23. The van der Waals surface area contributed by atoms with E-state index in [2.05, 4.69) is 15.4 Å². The van der Waals surface area contributed by atoms with Crippen molar-refractivity contribution in [3.8, 4) is 10.6 Å². The van der Waals surface area contributed by atoms with Gasteiger partial charge in [-0.1, -0.05) is 12.1 Å². The normalized spacial score (nSPS) is 14.8. The quantitative estimate of drug-likeness (QED) is 0.715. The number of aromatic nitrogens is 3. The molecule has 0 spiro atoms. The average molecular weight is 397 g/mol. The second-order valence-corrected chi connectivity index (χ2v) is 7.35. The summed E-state index contributed by atoms with van der Waals surface area (Å²) in [5, 5.41) is 9.58. The van der Waals surface area contributed by atoms with Gasteiger partial charge in [-0.25, -0.2) is 9.78 Å². The fourth-order valence-electron chi connectivity index (χ4n) is 2.99. The first kappa shape index (κ1) is 18.2. The molecule has 2 amide bonds. The molecule has 1 aliphatic heterocycles. The van der Waals surface area contributed by atoms with E-state index in [9.17, 15) is 9.59 Å². The number of benzene rings is 1. The molecule has 0 aliphatic carbocycles. The van der Waals surface area contributed by atoms with Gasteiger partial charge in [-0.3, -0.25) is 14.4 Å². The number of hydrogen-bond acceptors (Lipinski definition) is 6. The predicted octanol–water partition coefficient (Wildman–Crippen LogP) is 2.99. The summed E-state index contributed by atoms with van der Waals surface area (Å²) in [5.41, 5.74) is 2.90. The molecule has 0 bridgehead atoms. The van der Waals surface area contributed by atoms with E-state index in [0.717, 1.165) is 21.8 Å². The molecule has 3 heterocycles. The minimum Gasteiger partial charge on any atom is -0.447 e. The van der Waals surface area contributed by atoms with Crippen molar-refractivity contribution in [1.82, 2.24) is 20.1 Å². The summed E-state index contributed by atoms with van der Waals surface area (Å²) in [4.78, 5) is 30.4. The van der Waals surface area contributed by atoms with Crippen LogP contribution < -0.4 is 10.2 Å². The van der Waals surface area contributed by atoms with Crippen molar-refractivity contribution in [2.75, 3.05) is 18.1 Å². The highest BCUT2D eigenvalue weighted by Gasteiger charge is 2.24. The number of carbonyl (C=O) groups excluding carboxylic acids is 2. The van der Waals surface area contributed by atoms with Gasteiger partial charge < -0.3 is 10.1 Å². The average Bonchev–Trinajstić information content (AvgIpc) is 3.42. The van der Waals surface area contributed by atoms with Gasteiger partial charge in [-0.15, -0.1) is 11.3 Å². The standard InChI is InChI=1S/C19H19N5O3S/c1-12(13-4-3-5-15(8-13)24-6-7-27-19(24)26)21-17(25)16-11-28-18(22-16)14-9-20-23(2)10-14/h3-5,8-12H,6-7H2,1-2H3,(H,21,25). The topological polar surface area (TPSA) is 89.3 Å². The van der Waals surface area contributed by atoms with Crippen LogP contribution in [0.4, 0.5) is 10.5 Å².